The Hall–Kier alpha value is -1.70. The van der Waals surface area contributed by atoms with Crippen molar-refractivity contribution in [2.45, 2.75) is 18.8 Å². The number of nitrogens with zero attached hydrogens (tertiary/aromatic N) is 3. The molecule has 1 N–H and O–H groups in total. The van der Waals surface area contributed by atoms with E-state index in [-0.39, 0.29) is 5.56 Å². The summed E-state index contributed by atoms with van der Waals surface area (Å²) < 4.78 is 1.33. The maximum Gasteiger partial charge on any atom is 0.275 e. The second-order valence-corrected chi connectivity index (χ2v) is 7.03. The summed E-state index contributed by atoms with van der Waals surface area (Å²) in [4.78, 5) is 17.0. The number of aryl methyl sites for hydroxylation is 1. The van der Waals surface area contributed by atoms with Crippen molar-refractivity contribution in [2.75, 3.05) is 5.75 Å². The lowest BCUT2D eigenvalue weighted by Gasteiger charge is -2.10. The van der Waals surface area contributed by atoms with Crippen LogP contribution in [0.4, 0.5) is 0 Å². The molecule has 0 aliphatic heterocycles. The van der Waals surface area contributed by atoms with Crippen LogP contribution in [0.3, 0.4) is 0 Å². The van der Waals surface area contributed by atoms with Crippen LogP contribution in [-0.4, -0.2) is 25.5 Å². The van der Waals surface area contributed by atoms with Gasteiger partial charge in [0.05, 0.1) is 11.8 Å². The summed E-state index contributed by atoms with van der Waals surface area (Å²) in [6.45, 7) is 1.85. The Morgan fingerprint density at radius 3 is 2.91 bits per heavy atom. The summed E-state index contributed by atoms with van der Waals surface area (Å²) in [7, 11) is 0. The third-order valence-corrected chi connectivity index (χ3v) is 4.98. The summed E-state index contributed by atoms with van der Waals surface area (Å²) in [6.07, 6.45) is -0.512. The van der Waals surface area contributed by atoms with Gasteiger partial charge in [-0.05, 0) is 12.5 Å². The summed E-state index contributed by atoms with van der Waals surface area (Å²) >= 11 is 2.96. The number of hydrogen-bond donors (Lipinski definition) is 1. The van der Waals surface area contributed by atoms with Crippen molar-refractivity contribution in [3.8, 4) is 0 Å². The van der Waals surface area contributed by atoms with E-state index in [9.17, 15) is 9.90 Å². The molecule has 22 heavy (non-hydrogen) atoms. The minimum absolute atomic E-state index is 0.159. The van der Waals surface area contributed by atoms with Gasteiger partial charge in [-0.25, -0.2) is 4.98 Å². The van der Waals surface area contributed by atoms with Gasteiger partial charge in [-0.2, -0.15) is 21.4 Å². The van der Waals surface area contributed by atoms with Crippen LogP contribution in [0.15, 0.2) is 41.2 Å². The second-order valence-electron chi connectivity index (χ2n) is 4.84. The Labute approximate surface area is 135 Å². The third kappa shape index (κ3) is 3.37. The molecule has 0 saturated heterocycles. The molecule has 0 aliphatic rings. The van der Waals surface area contributed by atoms with E-state index in [0.29, 0.717) is 16.5 Å². The van der Waals surface area contributed by atoms with Crippen LogP contribution < -0.4 is 5.56 Å². The topological polar surface area (TPSA) is 67.5 Å². The van der Waals surface area contributed by atoms with Crippen LogP contribution in [0.25, 0.3) is 4.96 Å². The largest absolute Gasteiger partial charge is 0.388 e. The summed E-state index contributed by atoms with van der Waals surface area (Å²) in [6, 6.07) is 11.1. The van der Waals surface area contributed by atoms with Crippen LogP contribution in [-0.2, 0) is 5.75 Å². The predicted octanol–water partition coefficient (Wildman–Crippen LogP) is 2.43. The van der Waals surface area contributed by atoms with E-state index in [1.165, 1.54) is 21.9 Å². The lowest BCUT2D eigenvalue weighted by Crippen LogP contribution is -2.15. The van der Waals surface area contributed by atoms with Crippen LogP contribution >= 0.6 is 23.1 Å². The molecule has 0 radical (unpaired) electrons. The van der Waals surface area contributed by atoms with Gasteiger partial charge < -0.3 is 5.11 Å². The van der Waals surface area contributed by atoms with Gasteiger partial charge in [0.25, 0.3) is 5.56 Å². The zero-order valence-electron chi connectivity index (χ0n) is 12.0. The van der Waals surface area contributed by atoms with Crippen molar-refractivity contribution in [3.05, 3.63) is 63.0 Å². The first kappa shape index (κ1) is 15.2. The maximum atomic E-state index is 11.9. The van der Waals surface area contributed by atoms with Gasteiger partial charge in [-0.1, -0.05) is 41.7 Å². The number of hydrogen-bond acceptors (Lipinski definition) is 6. The first-order valence-corrected chi connectivity index (χ1v) is 8.78. The Morgan fingerprint density at radius 2 is 2.14 bits per heavy atom. The van der Waals surface area contributed by atoms with E-state index in [2.05, 4.69) is 10.1 Å². The highest BCUT2D eigenvalue weighted by molar-refractivity contribution is 7.98. The number of benzene rings is 1. The number of thioether (sulfide) groups is 1. The van der Waals surface area contributed by atoms with E-state index >= 15 is 0 Å². The van der Waals surface area contributed by atoms with Gasteiger partial charge in [0, 0.05) is 17.6 Å². The molecule has 0 bridgehead atoms. The lowest BCUT2D eigenvalue weighted by atomic mass is 10.1. The SMILES string of the molecule is Cc1nn2c(=O)cc(CSC[C@H](O)c3ccccc3)nc2s1. The zero-order chi connectivity index (χ0) is 15.5. The summed E-state index contributed by atoms with van der Waals surface area (Å²) in [5, 5.41) is 15.0. The van der Waals surface area contributed by atoms with E-state index in [0.717, 1.165) is 16.3 Å². The van der Waals surface area contributed by atoms with Crippen LogP contribution in [0.1, 0.15) is 22.4 Å². The first-order valence-electron chi connectivity index (χ1n) is 6.80. The molecule has 1 atom stereocenters. The van der Waals surface area contributed by atoms with Gasteiger partial charge in [-0.15, -0.1) is 0 Å². The minimum Gasteiger partial charge on any atom is -0.388 e. The number of aliphatic hydroxyl groups excluding tert-OH is 1. The molecule has 2 aromatic heterocycles. The Bertz CT molecular complexity index is 830. The van der Waals surface area contributed by atoms with Crippen molar-refractivity contribution >= 4 is 28.1 Å². The summed E-state index contributed by atoms with van der Waals surface area (Å²) in [5.41, 5.74) is 1.46. The fraction of sp³-hybridized carbons (Fsp3) is 0.267. The van der Waals surface area contributed by atoms with Crippen LogP contribution in [0, 0.1) is 6.92 Å². The second kappa shape index (κ2) is 6.60. The number of aromatic nitrogens is 3. The van der Waals surface area contributed by atoms with Crippen molar-refractivity contribution in [3.63, 3.8) is 0 Å². The smallest absolute Gasteiger partial charge is 0.275 e. The Kier molecular flexibility index (Phi) is 4.56. The number of fused-ring (bicyclic) bond motifs is 1. The molecule has 114 valence electrons. The molecule has 7 heteroatoms. The fourth-order valence-electron chi connectivity index (χ4n) is 2.07. The fourth-order valence-corrected chi connectivity index (χ4v) is 3.73. The monoisotopic (exact) mass is 333 g/mol. The van der Waals surface area contributed by atoms with Gasteiger partial charge in [-0.3, -0.25) is 4.79 Å². The van der Waals surface area contributed by atoms with Crippen molar-refractivity contribution in [1.29, 1.82) is 0 Å². The van der Waals surface area contributed by atoms with E-state index in [1.807, 2.05) is 37.3 Å². The minimum atomic E-state index is -0.512. The Balaban J connectivity index is 1.65. The highest BCUT2D eigenvalue weighted by Gasteiger charge is 2.09. The average Bonchev–Trinajstić information content (AvgIpc) is 2.89. The summed E-state index contributed by atoms with van der Waals surface area (Å²) in [5.74, 6) is 1.15. The molecule has 3 rings (SSSR count). The average molecular weight is 333 g/mol. The van der Waals surface area contributed by atoms with E-state index in [4.69, 9.17) is 0 Å². The number of aliphatic hydroxyl groups is 1. The Morgan fingerprint density at radius 1 is 1.36 bits per heavy atom. The molecule has 0 fully saturated rings. The van der Waals surface area contributed by atoms with Gasteiger partial charge in [0.15, 0.2) is 0 Å². The van der Waals surface area contributed by atoms with E-state index < -0.39 is 6.10 Å². The molecule has 0 aliphatic carbocycles. The lowest BCUT2D eigenvalue weighted by molar-refractivity contribution is 0.204. The zero-order valence-corrected chi connectivity index (χ0v) is 13.6. The van der Waals surface area contributed by atoms with Gasteiger partial charge >= 0.3 is 0 Å². The molecule has 3 aromatic rings. The third-order valence-electron chi connectivity index (χ3n) is 3.11. The molecule has 0 unspecified atom stereocenters. The molecule has 0 spiro atoms. The number of rotatable bonds is 5. The molecule has 0 saturated carbocycles. The molecule has 5 nitrogen and oxygen atoms in total. The van der Waals surface area contributed by atoms with Crippen molar-refractivity contribution in [2.24, 2.45) is 0 Å². The van der Waals surface area contributed by atoms with E-state index in [1.54, 1.807) is 11.8 Å². The first-order chi connectivity index (χ1) is 10.6. The standard InChI is InChI=1S/C15H15N3O2S2/c1-10-17-18-14(20)7-12(16-15(18)22-10)8-21-9-13(19)11-5-3-2-4-6-11/h2-7,13,19H,8-9H2,1H3/t13-/m0/s1. The van der Waals surface area contributed by atoms with Crippen molar-refractivity contribution in [1.82, 2.24) is 14.6 Å². The molecule has 2 heterocycles. The predicted molar refractivity (Wildman–Crippen MR) is 89.4 cm³/mol. The highest BCUT2D eigenvalue weighted by atomic mass is 32.2. The van der Waals surface area contributed by atoms with Gasteiger partial charge in [0.2, 0.25) is 4.96 Å². The highest BCUT2D eigenvalue weighted by Crippen LogP contribution is 2.20. The maximum absolute atomic E-state index is 11.9. The normalized spacial score (nSPS) is 12.6. The van der Waals surface area contributed by atoms with Crippen molar-refractivity contribution < 1.29 is 5.11 Å². The molecular weight excluding hydrogens is 318 g/mol. The molecule has 1 aromatic carbocycles. The molecule has 0 amide bonds. The van der Waals surface area contributed by atoms with Crippen LogP contribution in [0.2, 0.25) is 0 Å². The quantitative estimate of drug-likeness (QED) is 0.777. The van der Waals surface area contributed by atoms with Crippen LogP contribution in [0.5, 0.6) is 0 Å². The van der Waals surface area contributed by atoms with Gasteiger partial charge in [0.1, 0.15) is 5.01 Å². The molecular formula is C15H15N3O2S2.